The van der Waals surface area contributed by atoms with E-state index >= 15 is 0 Å². The van der Waals surface area contributed by atoms with Crippen molar-refractivity contribution in [3.8, 4) is 22.6 Å². The number of H-pyrrole nitrogens is 2. The molecule has 0 spiro atoms. The second-order valence-electron chi connectivity index (χ2n) is 12.0. The number of carbonyl (C=O) groups excluding carboxylic acids is 2. The maximum absolute atomic E-state index is 13.7. The molecule has 2 aliphatic heterocycles. The van der Waals surface area contributed by atoms with Crippen LogP contribution >= 0.6 is 11.8 Å². The predicted molar refractivity (Wildman–Crippen MR) is 184 cm³/mol. The molecular formula is C34H35N9O3S. The number of carbonyl (C=O) groups is 2. The Labute approximate surface area is 275 Å². The Kier molecular flexibility index (Phi) is 8.24. The first-order chi connectivity index (χ1) is 22.8. The molecular weight excluding hydrogens is 615 g/mol. The number of aryl methyl sites for hydroxylation is 1. The quantitative estimate of drug-likeness (QED) is 0.230. The highest BCUT2D eigenvalue weighted by Crippen LogP contribution is 2.36. The zero-order chi connectivity index (χ0) is 32.5. The van der Waals surface area contributed by atoms with Gasteiger partial charge < -0.3 is 15.2 Å². The van der Waals surface area contributed by atoms with Gasteiger partial charge in [-0.2, -0.15) is 10.2 Å². The maximum Gasteiger partial charge on any atom is 0.247 e. The van der Waals surface area contributed by atoms with E-state index in [0.717, 1.165) is 34.0 Å². The molecule has 0 radical (unpaired) electrons. The van der Waals surface area contributed by atoms with Crippen molar-refractivity contribution in [2.45, 2.75) is 17.6 Å². The van der Waals surface area contributed by atoms with Gasteiger partial charge >= 0.3 is 0 Å². The van der Waals surface area contributed by atoms with Gasteiger partial charge in [0.05, 0.1) is 12.1 Å². The molecule has 3 aromatic heterocycles. The minimum Gasteiger partial charge on any atom is -0.338 e. The Bertz CT molecular complexity index is 2030. The van der Waals surface area contributed by atoms with Gasteiger partial charge in [-0.1, -0.05) is 30.3 Å². The van der Waals surface area contributed by atoms with E-state index in [9.17, 15) is 14.4 Å². The van der Waals surface area contributed by atoms with Crippen molar-refractivity contribution in [2.24, 2.45) is 7.05 Å². The molecule has 1 saturated heterocycles. The van der Waals surface area contributed by atoms with Crippen molar-refractivity contribution < 1.29 is 9.59 Å². The van der Waals surface area contributed by atoms with E-state index in [0.29, 0.717) is 49.8 Å². The highest BCUT2D eigenvalue weighted by Gasteiger charge is 2.44. The van der Waals surface area contributed by atoms with Gasteiger partial charge in [-0.05, 0) is 54.5 Å². The number of benzene rings is 2. The van der Waals surface area contributed by atoms with E-state index in [4.69, 9.17) is 0 Å². The van der Waals surface area contributed by atoms with E-state index < -0.39 is 4.75 Å². The van der Waals surface area contributed by atoms with Gasteiger partial charge in [0.25, 0.3) is 0 Å². The number of likely N-dealkylation sites (tertiary alicyclic amines) is 1. The summed E-state index contributed by atoms with van der Waals surface area (Å²) in [5.74, 6) is 0.699. The van der Waals surface area contributed by atoms with Gasteiger partial charge in [-0.3, -0.25) is 29.1 Å². The molecule has 47 heavy (non-hydrogen) atoms. The molecule has 3 N–H and O–H groups in total. The van der Waals surface area contributed by atoms with Crippen molar-refractivity contribution in [1.29, 1.82) is 0 Å². The van der Waals surface area contributed by atoms with Gasteiger partial charge in [0.1, 0.15) is 16.8 Å². The molecule has 1 fully saturated rings. The number of hydrogen-bond donors (Lipinski definition) is 3. The first kappa shape index (κ1) is 30.6. The summed E-state index contributed by atoms with van der Waals surface area (Å²) in [5, 5.41) is 15.8. The standard InChI is InChI=1S/C34H35N9O3S/c1-41-21-36-32(40-41)24-5-3-22(4-6-24)23-11-14-43(15-12-23)30(45)19-42-16-13-34(20-42,47-2)33(46)37-26-8-9-28-27(17-26)31(39-38-28)25-7-10-29(44)35-18-25/h3-11,17-18,21H,12-16,19-20H2,1-2H3,(H,35,44)(H,37,46)(H,38,39). The molecule has 0 saturated carbocycles. The number of pyridine rings is 1. The fraction of sp³-hybridized carbons (Fsp3) is 0.294. The minimum absolute atomic E-state index is 0.0781. The van der Waals surface area contributed by atoms with Crippen LogP contribution in [0.2, 0.25) is 0 Å². The number of aromatic amines is 2. The Morgan fingerprint density at radius 2 is 1.85 bits per heavy atom. The summed E-state index contributed by atoms with van der Waals surface area (Å²) >= 11 is 1.53. The van der Waals surface area contributed by atoms with Gasteiger partial charge in [-0.15, -0.1) is 11.8 Å². The molecule has 1 unspecified atom stereocenters. The Morgan fingerprint density at radius 1 is 1.04 bits per heavy atom. The minimum atomic E-state index is -0.667. The Balaban J connectivity index is 0.961. The number of nitrogens with zero attached hydrogens (tertiary/aromatic N) is 6. The number of amides is 2. The van der Waals surface area contributed by atoms with Crippen LogP contribution in [-0.4, -0.2) is 95.3 Å². The molecule has 5 heterocycles. The molecule has 12 nitrogen and oxygen atoms in total. The van der Waals surface area contributed by atoms with Crippen molar-refractivity contribution >= 4 is 45.7 Å². The summed E-state index contributed by atoms with van der Waals surface area (Å²) in [6, 6.07) is 17.0. The smallest absolute Gasteiger partial charge is 0.247 e. The second kappa shape index (κ2) is 12.6. The third-order valence-electron chi connectivity index (χ3n) is 9.03. The number of fused-ring (bicyclic) bond motifs is 1. The number of thioether (sulfide) groups is 1. The average Bonchev–Trinajstić information content (AvgIpc) is 3.84. The van der Waals surface area contributed by atoms with Gasteiger partial charge in [0.15, 0.2) is 5.82 Å². The molecule has 13 heteroatoms. The van der Waals surface area contributed by atoms with E-state index in [1.165, 1.54) is 23.4 Å². The van der Waals surface area contributed by atoms with Crippen LogP contribution in [0.5, 0.6) is 0 Å². The zero-order valence-corrected chi connectivity index (χ0v) is 27.0. The molecule has 7 rings (SSSR count). The lowest BCUT2D eigenvalue weighted by Crippen LogP contribution is -2.45. The lowest BCUT2D eigenvalue weighted by molar-refractivity contribution is -0.132. The zero-order valence-electron chi connectivity index (χ0n) is 26.2. The van der Waals surface area contributed by atoms with Crippen LogP contribution in [0.3, 0.4) is 0 Å². The van der Waals surface area contributed by atoms with Crippen LogP contribution in [0.15, 0.2) is 78.0 Å². The maximum atomic E-state index is 13.7. The molecule has 0 bridgehead atoms. The topological polar surface area (TPSA) is 145 Å². The Hall–Kier alpha value is -5.01. The van der Waals surface area contributed by atoms with Crippen LogP contribution in [-0.2, 0) is 16.6 Å². The SMILES string of the molecule is CSC1(C(=O)Nc2ccc3[nH]nc(-c4ccc(=O)[nH]c4)c3c2)CCN(CC(=O)N2CC=C(c3ccc(-c4ncn(C)n4)cc3)CC2)C1. The molecule has 2 amide bonds. The summed E-state index contributed by atoms with van der Waals surface area (Å²) in [6.45, 7) is 2.68. The average molecular weight is 650 g/mol. The van der Waals surface area contributed by atoms with Crippen LogP contribution in [0.4, 0.5) is 5.69 Å². The molecule has 5 aromatic rings. The van der Waals surface area contributed by atoms with Gasteiger partial charge in [-0.25, -0.2) is 4.98 Å². The first-order valence-corrected chi connectivity index (χ1v) is 16.7. The molecule has 0 aliphatic carbocycles. The van der Waals surface area contributed by atoms with E-state index in [-0.39, 0.29) is 23.9 Å². The van der Waals surface area contributed by atoms with Crippen LogP contribution in [0, 0.1) is 0 Å². The predicted octanol–water partition coefficient (Wildman–Crippen LogP) is 3.78. The van der Waals surface area contributed by atoms with Crippen LogP contribution < -0.4 is 10.9 Å². The number of anilines is 1. The largest absolute Gasteiger partial charge is 0.338 e. The lowest BCUT2D eigenvalue weighted by atomic mass is 9.98. The monoisotopic (exact) mass is 649 g/mol. The number of hydrogen-bond acceptors (Lipinski definition) is 8. The van der Waals surface area contributed by atoms with Crippen molar-refractivity contribution in [3.05, 3.63) is 89.1 Å². The highest BCUT2D eigenvalue weighted by atomic mass is 32.2. The first-order valence-electron chi connectivity index (χ1n) is 15.5. The summed E-state index contributed by atoms with van der Waals surface area (Å²) in [4.78, 5) is 49.6. The van der Waals surface area contributed by atoms with E-state index in [2.05, 4.69) is 53.7 Å². The van der Waals surface area contributed by atoms with E-state index in [1.54, 1.807) is 23.3 Å². The fourth-order valence-electron chi connectivity index (χ4n) is 6.31. The lowest BCUT2D eigenvalue weighted by Gasteiger charge is -2.29. The van der Waals surface area contributed by atoms with Crippen molar-refractivity contribution in [1.82, 2.24) is 39.7 Å². The molecule has 1 atom stereocenters. The van der Waals surface area contributed by atoms with Crippen LogP contribution in [0.1, 0.15) is 18.4 Å². The fourth-order valence-corrected chi connectivity index (χ4v) is 7.15. The van der Waals surface area contributed by atoms with Gasteiger partial charge in [0.2, 0.25) is 17.4 Å². The normalized spacial score (nSPS) is 18.4. The summed E-state index contributed by atoms with van der Waals surface area (Å²) in [6.07, 6.45) is 8.84. The van der Waals surface area contributed by atoms with Crippen molar-refractivity contribution in [2.75, 3.05) is 44.3 Å². The second-order valence-corrected chi connectivity index (χ2v) is 13.2. The third kappa shape index (κ3) is 6.23. The number of nitrogens with one attached hydrogen (secondary N) is 3. The molecule has 240 valence electrons. The summed E-state index contributed by atoms with van der Waals surface area (Å²) in [7, 11) is 1.85. The van der Waals surface area contributed by atoms with Crippen LogP contribution in [0.25, 0.3) is 39.1 Å². The molecule has 2 aromatic carbocycles. The van der Waals surface area contributed by atoms with Crippen molar-refractivity contribution in [3.63, 3.8) is 0 Å². The summed E-state index contributed by atoms with van der Waals surface area (Å²) in [5.41, 5.74) is 6.11. The number of aromatic nitrogens is 6. The van der Waals surface area contributed by atoms with E-state index in [1.807, 2.05) is 48.5 Å². The Morgan fingerprint density at radius 3 is 2.55 bits per heavy atom. The highest BCUT2D eigenvalue weighted by molar-refractivity contribution is 8.00. The molecule has 2 aliphatic rings. The van der Waals surface area contributed by atoms with Gasteiger partial charge in [0, 0.05) is 67.7 Å². The number of rotatable bonds is 8. The summed E-state index contributed by atoms with van der Waals surface area (Å²) < 4.78 is 1.02. The third-order valence-corrected chi connectivity index (χ3v) is 10.3.